The number of Topliss-reactive ketones (excluding diaryl/α,β-unsaturated/α-hetero) is 1. The van der Waals surface area contributed by atoms with Gasteiger partial charge in [-0.1, -0.05) is 12.1 Å². The van der Waals surface area contributed by atoms with Crippen LogP contribution in [-0.2, 0) is 9.59 Å². The van der Waals surface area contributed by atoms with Crippen molar-refractivity contribution >= 4 is 17.4 Å². The Kier molecular flexibility index (Phi) is 5.33. The lowest BCUT2D eigenvalue weighted by Gasteiger charge is -2.23. The van der Waals surface area contributed by atoms with E-state index in [-0.39, 0.29) is 17.7 Å². The van der Waals surface area contributed by atoms with Crippen molar-refractivity contribution < 1.29 is 14.3 Å². The van der Waals surface area contributed by atoms with Crippen molar-refractivity contribution in [1.82, 2.24) is 4.90 Å². The van der Waals surface area contributed by atoms with E-state index in [1.54, 1.807) is 14.0 Å². The molecular weight excluding hydrogens is 268 g/mol. The third kappa shape index (κ3) is 4.29. The first-order chi connectivity index (χ1) is 10.1. The summed E-state index contributed by atoms with van der Waals surface area (Å²) in [6.45, 7) is 2.79. The minimum absolute atomic E-state index is 0.0741. The number of methoxy groups -OCH3 is 1. The SMILES string of the molecule is COc1ccccc1NC(=O)CN1CCCC1CC(C)=O. The van der Waals surface area contributed by atoms with E-state index in [0.29, 0.717) is 24.4 Å². The minimum Gasteiger partial charge on any atom is -0.495 e. The van der Waals surface area contributed by atoms with E-state index in [0.717, 1.165) is 19.4 Å². The lowest BCUT2D eigenvalue weighted by Crippen LogP contribution is -2.37. The van der Waals surface area contributed by atoms with Gasteiger partial charge in [0.05, 0.1) is 19.3 Å². The van der Waals surface area contributed by atoms with Gasteiger partial charge in [0.25, 0.3) is 0 Å². The number of likely N-dealkylation sites (tertiary alicyclic amines) is 1. The highest BCUT2D eigenvalue weighted by Gasteiger charge is 2.27. The summed E-state index contributed by atoms with van der Waals surface area (Å²) < 4.78 is 5.22. The number of ketones is 1. The van der Waals surface area contributed by atoms with Gasteiger partial charge in [-0.05, 0) is 38.4 Å². The Morgan fingerprint density at radius 1 is 1.38 bits per heavy atom. The number of amides is 1. The van der Waals surface area contributed by atoms with Gasteiger partial charge in [-0.25, -0.2) is 0 Å². The summed E-state index contributed by atoms with van der Waals surface area (Å²) in [5, 5.41) is 2.87. The van der Waals surface area contributed by atoms with Gasteiger partial charge in [0.15, 0.2) is 0 Å². The normalized spacial score (nSPS) is 18.5. The molecule has 1 aliphatic rings. The summed E-state index contributed by atoms with van der Waals surface area (Å²) in [6, 6.07) is 7.54. The van der Waals surface area contributed by atoms with E-state index in [9.17, 15) is 9.59 Å². The van der Waals surface area contributed by atoms with Crippen molar-refractivity contribution in [3.8, 4) is 5.75 Å². The molecule has 0 radical (unpaired) electrons. The average Bonchev–Trinajstić information content (AvgIpc) is 2.85. The van der Waals surface area contributed by atoms with Gasteiger partial charge in [-0.3, -0.25) is 14.5 Å². The Bertz CT molecular complexity index is 516. The molecule has 2 rings (SSSR count). The second kappa shape index (κ2) is 7.22. The number of carbonyl (C=O) groups is 2. The number of benzene rings is 1. The summed E-state index contributed by atoms with van der Waals surface area (Å²) in [6.07, 6.45) is 2.56. The van der Waals surface area contributed by atoms with E-state index in [1.165, 1.54) is 0 Å². The molecule has 0 bridgehead atoms. The number of hydrogen-bond acceptors (Lipinski definition) is 4. The molecule has 1 fully saturated rings. The molecule has 21 heavy (non-hydrogen) atoms. The van der Waals surface area contributed by atoms with Gasteiger partial charge < -0.3 is 10.1 Å². The Morgan fingerprint density at radius 3 is 2.86 bits per heavy atom. The molecule has 1 aromatic carbocycles. The first-order valence-electron chi connectivity index (χ1n) is 7.26. The summed E-state index contributed by atoms with van der Waals surface area (Å²) in [4.78, 5) is 25.5. The van der Waals surface area contributed by atoms with Crippen LogP contribution >= 0.6 is 0 Å². The third-order valence-corrected chi connectivity index (χ3v) is 3.75. The van der Waals surface area contributed by atoms with Crippen molar-refractivity contribution in [1.29, 1.82) is 0 Å². The van der Waals surface area contributed by atoms with Gasteiger partial charge in [-0.15, -0.1) is 0 Å². The second-order valence-corrected chi connectivity index (χ2v) is 5.42. The number of rotatable bonds is 6. The molecule has 1 unspecified atom stereocenters. The zero-order chi connectivity index (χ0) is 15.2. The van der Waals surface area contributed by atoms with E-state index < -0.39 is 0 Å². The topological polar surface area (TPSA) is 58.6 Å². The molecule has 1 amide bonds. The predicted molar refractivity (Wildman–Crippen MR) is 81.5 cm³/mol. The van der Waals surface area contributed by atoms with E-state index in [1.807, 2.05) is 24.3 Å². The van der Waals surface area contributed by atoms with Crippen LogP contribution in [0.15, 0.2) is 24.3 Å². The van der Waals surface area contributed by atoms with Crippen molar-refractivity contribution in [2.45, 2.75) is 32.2 Å². The van der Waals surface area contributed by atoms with Crippen LogP contribution in [0.1, 0.15) is 26.2 Å². The molecule has 0 aliphatic carbocycles. The summed E-state index contributed by atoms with van der Waals surface area (Å²) in [5.41, 5.74) is 0.673. The van der Waals surface area contributed by atoms with Gasteiger partial charge >= 0.3 is 0 Å². The van der Waals surface area contributed by atoms with Crippen LogP contribution in [0.2, 0.25) is 0 Å². The molecule has 1 atom stereocenters. The molecule has 0 aromatic heterocycles. The van der Waals surface area contributed by atoms with Crippen LogP contribution in [0, 0.1) is 0 Å². The van der Waals surface area contributed by atoms with Gasteiger partial charge in [0.1, 0.15) is 11.5 Å². The fourth-order valence-corrected chi connectivity index (χ4v) is 2.79. The lowest BCUT2D eigenvalue weighted by atomic mass is 10.1. The smallest absolute Gasteiger partial charge is 0.238 e. The Balaban J connectivity index is 1.93. The second-order valence-electron chi connectivity index (χ2n) is 5.42. The zero-order valence-electron chi connectivity index (χ0n) is 12.6. The van der Waals surface area contributed by atoms with Crippen LogP contribution in [0.5, 0.6) is 5.75 Å². The summed E-state index contributed by atoms with van der Waals surface area (Å²) in [7, 11) is 1.58. The molecule has 1 N–H and O–H groups in total. The maximum atomic E-state index is 12.2. The summed E-state index contributed by atoms with van der Waals surface area (Å²) >= 11 is 0. The number of para-hydroxylation sites is 2. The van der Waals surface area contributed by atoms with Crippen molar-refractivity contribution in [3.05, 3.63) is 24.3 Å². The molecular formula is C16H22N2O3. The highest BCUT2D eigenvalue weighted by molar-refractivity contribution is 5.93. The van der Waals surface area contributed by atoms with Crippen LogP contribution in [0.3, 0.4) is 0 Å². The molecule has 1 aliphatic heterocycles. The van der Waals surface area contributed by atoms with Gasteiger partial charge in [0.2, 0.25) is 5.91 Å². The first-order valence-corrected chi connectivity index (χ1v) is 7.26. The Labute approximate surface area is 125 Å². The molecule has 5 heteroatoms. The quantitative estimate of drug-likeness (QED) is 0.871. The number of hydrogen-bond donors (Lipinski definition) is 1. The lowest BCUT2D eigenvalue weighted by molar-refractivity contribution is -0.120. The van der Waals surface area contributed by atoms with E-state index >= 15 is 0 Å². The standard InChI is InChI=1S/C16H22N2O3/c1-12(19)10-13-6-5-9-18(13)11-16(20)17-14-7-3-4-8-15(14)21-2/h3-4,7-8,13H,5-6,9-11H2,1-2H3,(H,17,20). The Morgan fingerprint density at radius 2 is 2.14 bits per heavy atom. The van der Waals surface area contributed by atoms with Crippen molar-refractivity contribution in [2.24, 2.45) is 0 Å². The fourth-order valence-electron chi connectivity index (χ4n) is 2.79. The van der Waals surface area contributed by atoms with E-state index in [2.05, 4.69) is 10.2 Å². The molecule has 0 saturated carbocycles. The molecule has 1 saturated heterocycles. The van der Waals surface area contributed by atoms with Gasteiger partial charge in [0, 0.05) is 12.5 Å². The van der Waals surface area contributed by atoms with Crippen molar-refractivity contribution in [2.75, 3.05) is 25.5 Å². The highest BCUT2D eigenvalue weighted by Crippen LogP contribution is 2.24. The molecule has 5 nitrogen and oxygen atoms in total. The van der Waals surface area contributed by atoms with Crippen LogP contribution in [-0.4, -0.2) is 42.8 Å². The third-order valence-electron chi connectivity index (χ3n) is 3.75. The largest absolute Gasteiger partial charge is 0.495 e. The average molecular weight is 290 g/mol. The van der Waals surface area contributed by atoms with Crippen LogP contribution in [0.25, 0.3) is 0 Å². The molecule has 0 spiro atoms. The first kappa shape index (κ1) is 15.5. The fraction of sp³-hybridized carbons (Fsp3) is 0.500. The predicted octanol–water partition coefficient (Wildman–Crippen LogP) is 2.08. The van der Waals surface area contributed by atoms with Crippen LogP contribution < -0.4 is 10.1 Å². The van der Waals surface area contributed by atoms with Crippen LogP contribution in [0.4, 0.5) is 5.69 Å². The van der Waals surface area contributed by atoms with Crippen molar-refractivity contribution in [3.63, 3.8) is 0 Å². The molecule has 1 aromatic rings. The minimum atomic E-state index is -0.0741. The number of anilines is 1. The maximum Gasteiger partial charge on any atom is 0.238 e. The van der Waals surface area contributed by atoms with E-state index in [4.69, 9.17) is 4.74 Å². The number of nitrogens with one attached hydrogen (secondary N) is 1. The van der Waals surface area contributed by atoms with Gasteiger partial charge in [-0.2, -0.15) is 0 Å². The molecule has 1 heterocycles. The summed E-state index contributed by atoms with van der Waals surface area (Å²) in [5.74, 6) is 0.750. The monoisotopic (exact) mass is 290 g/mol. The molecule has 114 valence electrons. The highest BCUT2D eigenvalue weighted by atomic mass is 16.5. The zero-order valence-corrected chi connectivity index (χ0v) is 12.6. The number of ether oxygens (including phenoxy) is 1. The maximum absolute atomic E-state index is 12.2. The number of nitrogens with zero attached hydrogens (tertiary/aromatic N) is 1. The number of carbonyl (C=O) groups excluding carboxylic acids is 2. The Hall–Kier alpha value is -1.88.